The van der Waals surface area contributed by atoms with Crippen LogP contribution in [0.1, 0.15) is 39.2 Å². The van der Waals surface area contributed by atoms with Gasteiger partial charge in [-0.15, -0.1) is 0 Å². The molecule has 1 atom stereocenters. The maximum absolute atomic E-state index is 13.7. The number of hydrogen-bond acceptors (Lipinski definition) is 4. The van der Waals surface area contributed by atoms with Gasteiger partial charge in [-0.2, -0.15) is 0 Å². The lowest BCUT2D eigenvalue weighted by atomic mass is 10.1. The number of amides is 2. The van der Waals surface area contributed by atoms with Gasteiger partial charge in [0.1, 0.15) is 6.04 Å². The first-order valence-corrected chi connectivity index (χ1v) is 13.8. The molecule has 0 heterocycles. The van der Waals surface area contributed by atoms with Gasteiger partial charge in [-0.3, -0.25) is 13.9 Å². The van der Waals surface area contributed by atoms with Crippen molar-refractivity contribution in [2.75, 3.05) is 17.1 Å². The molecule has 0 radical (unpaired) electrons. The summed E-state index contributed by atoms with van der Waals surface area (Å²) >= 11 is 12.6. The van der Waals surface area contributed by atoms with Crippen molar-refractivity contribution in [2.24, 2.45) is 0 Å². The van der Waals surface area contributed by atoms with E-state index in [1.165, 1.54) is 4.90 Å². The zero-order valence-electron chi connectivity index (χ0n) is 20.4. The third-order valence-electron chi connectivity index (χ3n) is 5.33. The Hall–Kier alpha value is -2.43. The Morgan fingerprint density at radius 2 is 1.64 bits per heavy atom. The Balaban J connectivity index is 2.24. The molecule has 2 aromatic rings. The van der Waals surface area contributed by atoms with E-state index >= 15 is 0 Å². The summed E-state index contributed by atoms with van der Waals surface area (Å²) < 4.78 is 52.5. The molecule has 0 aliphatic carbocycles. The van der Waals surface area contributed by atoms with Crippen molar-refractivity contribution in [3.8, 4) is 0 Å². The molecule has 0 aliphatic heterocycles. The van der Waals surface area contributed by atoms with E-state index in [1.54, 1.807) is 39.0 Å². The molecule has 198 valence electrons. The van der Waals surface area contributed by atoms with Gasteiger partial charge < -0.3 is 10.2 Å². The maximum atomic E-state index is 13.7. The van der Waals surface area contributed by atoms with E-state index < -0.39 is 33.6 Å². The number of hydrogen-bond donors (Lipinski definition) is 1. The van der Waals surface area contributed by atoms with Gasteiger partial charge in [0.15, 0.2) is 11.6 Å². The topological polar surface area (TPSA) is 86.8 Å². The molecule has 1 N–H and O–H groups in total. The van der Waals surface area contributed by atoms with Crippen molar-refractivity contribution < 1.29 is 26.8 Å². The van der Waals surface area contributed by atoms with Gasteiger partial charge in [-0.1, -0.05) is 29.3 Å². The molecule has 0 aliphatic rings. The first-order valence-electron chi connectivity index (χ1n) is 11.2. The van der Waals surface area contributed by atoms with Crippen LogP contribution < -0.4 is 9.62 Å². The number of carbonyl (C=O) groups is 2. The van der Waals surface area contributed by atoms with Crippen LogP contribution in [-0.4, -0.2) is 50.0 Å². The van der Waals surface area contributed by atoms with E-state index in [9.17, 15) is 26.8 Å². The highest BCUT2D eigenvalue weighted by molar-refractivity contribution is 7.92. The molecule has 0 bridgehead atoms. The van der Waals surface area contributed by atoms with E-state index in [4.69, 9.17) is 23.2 Å². The second-order valence-corrected chi connectivity index (χ2v) is 11.3. The summed E-state index contributed by atoms with van der Waals surface area (Å²) in [6, 6.07) is 6.63. The average Bonchev–Trinajstić information content (AvgIpc) is 2.76. The molecule has 0 saturated heterocycles. The number of carbonyl (C=O) groups excluding carboxylic acids is 2. The van der Waals surface area contributed by atoms with Crippen LogP contribution in [0.3, 0.4) is 0 Å². The molecule has 0 spiro atoms. The van der Waals surface area contributed by atoms with E-state index in [2.05, 4.69) is 5.32 Å². The maximum Gasteiger partial charge on any atom is 0.242 e. The lowest BCUT2D eigenvalue weighted by molar-refractivity contribution is -0.140. The minimum Gasteiger partial charge on any atom is -0.352 e. The number of rotatable bonds is 11. The second-order valence-electron chi connectivity index (χ2n) is 8.60. The largest absolute Gasteiger partial charge is 0.352 e. The molecular formula is C24H29Cl2F2N3O4S. The summed E-state index contributed by atoms with van der Waals surface area (Å²) in [7, 11) is -3.85. The summed E-state index contributed by atoms with van der Waals surface area (Å²) in [4.78, 5) is 27.3. The fraction of sp³-hybridized carbons (Fsp3) is 0.417. The number of nitrogens with one attached hydrogen (secondary N) is 1. The van der Waals surface area contributed by atoms with Gasteiger partial charge in [0.2, 0.25) is 21.8 Å². The van der Waals surface area contributed by atoms with Gasteiger partial charge >= 0.3 is 0 Å². The smallest absolute Gasteiger partial charge is 0.242 e. The van der Waals surface area contributed by atoms with Crippen LogP contribution in [0.4, 0.5) is 14.5 Å². The molecule has 0 unspecified atom stereocenters. The predicted octanol–water partition coefficient (Wildman–Crippen LogP) is 4.76. The SMILES string of the molecule is CC(C)NC(=O)[C@H](C)N(Cc1c(Cl)cccc1Cl)C(=O)CCCN(c1ccc(F)c(F)c1)S(C)(=O)=O. The highest BCUT2D eigenvalue weighted by atomic mass is 35.5. The zero-order chi connectivity index (χ0) is 27.2. The van der Waals surface area contributed by atoms with Crippen LogP contribution in [0.2, 0.25) is 10.0 Å². The monoisotopic (exact) mass is 563 g/mol. The number of benzene rings is 2. The molecule has 0 saturated carbocycles. The van der Waals surface area contributed by atoms with E-state index in [1.807, 2.05) is 0 Å². The molecule has 2 rings (SSSR count). The van der Waals surface area contributed by atoms with Crippen LogP contribution in [0.15, 0.2) is 36.4 Å². The Kier molecular flexibility index (Phi) is 10.5. The van der Waals surface area contributed by atoms with Crippen LogP contribution >= 0.6 is 23.2 Å². The van der Waals surface area contributed by atoms with Gasteiger partial charge in [0.05, 0.1) is 11.9 Å². The van der Waals surface area contributed by atoms with E-state index in [0.29, 0.717) is 15.6 Å². The van der Waals surface area contributed by atoms with Crippen LogP contribution in [0.5, 0.6) is 0 Å². The number of anilines is 1. The highest BCUT2D eigenvalue weighted by Crippen LogP contribution is 2.27. The Bertz CT molecular complexity index is 1190. The number of nitrogens with zero attached hydrogens (tertiary/aromatic N) is 2. The van der Waals surface area contributed by atoms with Crippen LogP contribution in [-0.2, 0) is 26.2 Å². The summed E-state index contributed by atoms with van der Waals surface area (Å²) in [5, 5.41) is 3.43. The van der Waals surface area contributed by atoms with Crippen LogP contribution in [0.25, 0.3) is 0 Å². The summed E-state index contributed by atoms with van der Waals surface area (Å²) in [5.41, 5.74) is 0.408. The molecular weight excluding hydrogens is 535 g/mol. The van der Waals surface area contributed by atoms with Gasteiger partial charge in [0, 0.05) is 47.2 Å². The minimum atomic E-state index is -3.85. The van der Waals surface area contributed by atoms with E-state index in [0.717, 1.165) is 28.8 Å². The van der Waals surface area contributed by atoms with Gasteiger partial charge in [-0.05, 0) is 51.5 Å². The lowest BCUT2D eigenvalue weighted by Crippen LogP contribution is -2.49. The lowest BCUT2D eigenvalue weighted by Gasteiger charge is -2.30. The van der Waals surface area contributed by atoms with Crippen molar-refractivity contribution in [1.82, 2.24) is 10.2 Å². The summed E-state index contributed by atoms with van der Waals surface area (Å²) in [5.74, 6) is -3.10. The molecule has 36 heavy (non-hydrogen) atoms. The normalized spacial score (nSPS) is 12.4. The molecule has 0 aromatic heterocycles. The Morgan fingerprint density at radius 3 is 2.17 bits per heavy atom. The quantitative estimate of drug-likeness (QED) is 0.427. The molecule has 12 heteroatoms. The fourth-order valence-corrected chi connectivity index (χ4v) is 4.96. The second kappa shape index (κ2) is 12.7. The fourth-order valence-electron chi connectivity index (χ4n) is 3.49. The molecule has 2 amide bonds. The molecule has 2 aromatic carbocycles. The summed E-state index contributed by atoms with van der Waals surface area (Å²) in [6.07, 6.45) is 0.855. The molecule has 0 fully saturated rings. The number of halogens is 4. The molecule has 7 nitrogen and oxygen atoms in total. The van der Waals surface area contributed by atoms with E-state index in [-0.39, 0.29) is 43.6 Å². The van der Waals surface area contributed by atoms with Crippen molar-refractivity contribution in [1.29, 1.82) is 0 Å². The van der Waals surface area contributed by atoms with Crippen molar-refractivity contribution in [3.05, 3.63) is 63.6 Å². The third kappa shape index (κ3) is 8.04. The first-order chi connectivity index (χ1) is 16.7. The Labute approximate surface area is 220 Å². The minimum absolute atomic E-state index is 0.0387. The number of sulfonamides is 1. The van der Waals surface area contributed by atoms with Gasteiger partial charge in [0.25, 0.3) is 0 Å². The first kappa shape index (κ1) is 29.8. The van der Waals surface area contributed by atoms with Crippen molar-refractivity contribution in [2.45, 2.75) is 52.2 Å². The Morgan fingerprint density at radius 1 is 1.03 bits per heavy atom. The average molecular weight is 564 g/mol. The third-order valence-corrected chi connectivity index (χ3v) is 7.23. The zero-order valence-corrected chi connectivity index (χ0v) is 22.7. The highest BCUT2D eigenvalue weighted by Gasteiger charge is 2.28. The standard InChI is InChI=1S/C24H29Cl2F2N3O4S/c1-15(2)29-24(33)16(3)30(14-18-19(25)7-5-8-20(18)26)23(32)9-6-12-31(36(4,34)35)17-10-11-21(27)22(28)13-17/h5,7-8,10-11,13,15-16H,6,9,12,14H2,1-4H3,(H,29,33)/t16-/m0/s1. The van der Waals surface area contributed by atoms with Crippen molar-refractivity contribution >= 4 is 50.7 Å². The van der Waals surface area contributed by atoms with Crippen LogP contribution in [0, 0.1) is 11.6 Å². The predicted molar refractivity (Wildman–Crippen MR) is 138 cm³/mol. The summed E-state index contributed by atoms with van der Waals surface area (Å²) in [6.45, 7) is 4.95. The van der Waals surface area contributed by atoms with Gasteiger partial charge in [-0.25, -0.2) is 17.2 Å². The van der Waals surface area contributed by atoms with Crippen molar-refractivity contribution in [3.63, 3.8) is 0 Å².